The highest BCUT2D eigenvalue weighted by Crippen LogP contribution is 2.14. The highest BCUT2D eigenvalue weighted by atomic mass is 16.1. The van der Waals surface area contributed by atoms with Crippen molar-refractivity contribution >= 4 is 5.91 Å². The van der Waals surface area contributed by atoms with E-state index in [4.69, 9.17) is 5.73 Å². The van der Waals surface area contributed by atoms with Gasteiger partial charge in [-0.3, -0.25) is 9.48 Å². The van der Waals surface area contributed by atoms with Gasteiger partial charge in [0, 0.05) is 24.5 Å². The zero-order valence-corrected chi connectivity index (χ0v) is 11.7. The smallest absolute Gasteiger partial charge is 0.237 e. The summed E-state index contributed by atoms with van der Waals surface area (Å²) in [6.07, 6.45) is 3.36. The standard InChI is InChI=1S/C13H24N4O/c1-10(2)16-13(4,12(14)18)7-5-9-17-11(3)6-8-15-17/h6,8,10,16H,5,7,9H2,1-4H3,(H2,14,18). The molecule has 0 fully saturated rings. The summed E-state index contributed by atoms with van der Waals surface area (Å²) >= 11 is 0. The molecule has 1 amide bonds. The van der Waals surface area contributed by atoms with Crippen LogP contribution in [0.2, 0.25) is 0 Å². The van der Waals surface area contributed by atoms with Crippen molar-refractivity contribution in [3.05, 3.63) is 18.0 Å². The molecule has 1 atom stereocenters. The molecule has 1 aromatic rings. The lowest BCUT2D eigenvalue weighted by Gasteiger charge is -2.29. The first-order valence-corrected chi connectivity index (χ1v) is 6.41. The Kier molecular flexibility index (Phi) is 4.90. The van der Waals surface area contributed by atoms with Crippen molar-refractivity contribution in [3.8, 4) is 0 Å². The van der Waals surface area contributed by atoms with E-state index in [9.17, 15) is 4.79 Å². The van der Waals surface area contributed by atoms with E-state index in [1.807, 2.05) is 38.4 Å². The molecule has 0 aliphatic heterocycles. The van der Waals surface area contributed by atoms with Gasteiger partial charge in [-0.05, 0) is 46.6 Å². The van der Waals surface area contributed by atoms with E-state index in [2.05, 4.69) is 10.4 Å². The van der Waals surface area contributed by atoms with E-state index in [0.717, 1.165) is 18.7 Å². The summed E-state index contributed by atoms with van der Waals surface area (Å²) in [5, 5.41) is 7.47. The predicted octanol–water partition coefficient (Wildman–Crippen LogP) is 1.21. The molecule has 1 heterocycles. The third kappa shape index (κ3) is 3.84. The molecule has 1 aromatic heterocycles. The van der Waals surface area contributed by atoms with Crippen molar-refractivity contribution in [2.24, 2.45) is 5.73 Å². The first-order valence-electron chi connectivity index (χ1n) is 6.41. The molecule has 5 nitrogen and oxygen atoms in total. The molecule has 3 N–H and O–H groups in total. The zero-order valence-electron chi connectivity index (χ0n) is 11.7. The van der Waals surface area contributed by atoms with Crippen molar-refractivity contribution in [1.29, 1.82) is 0 Å². The number of primary amides is 1. The minimum Gasteiger partial charge on any atom is -0.368 e. The van der Waals surface area contributed by atoms with Crippen LogP contribution in [0.15, 0.2) is 12.3 Å². The topological polar surface area (TPSA) is 72.9 Å². The molecule has 0 radical (unpaired) electrons. The Balaban J connectivity index is 2.53. The summed E-state index contributed by atoms with van der Waals surface area (Å²) < 4.78 is 1.94. The van der Waals surface area contributed by atoms with E-state index < -0.39 is 5.54 Å². The van der Waals surface area contributed by atoms with Gasteiger partial charge in [-0.2, -0.15) is 5.10 Å². The van der Waals surface area contributed by atoms with Crippen LogP contribution in [-0.4, -0.2) is 27.3 Å². The highest BCUT2D eigenvalue weighted by Gasteiger charge is 2.30. The largest absolute Gasteiger partial charge is 0.368 e. The third-order valence-electron chi connectivity index (χ3n) is 3.13. The van der Waals surface area contributed by atoms with Gasteiger partial charge >= 0.3 is 0 Å². The van der Waals surface area contributed by atoms with Gasteiger partial charge in [-0.25, -0.2) is 0 Å². The number of nitrogens with one attached hydrogen (secondary N) is 1. The van der Waals surface area contributed by atoms with E-state index in [0.29, 0.717) is 6.42 Å². The van der Waals surface area contributed by atoms with Crippen LogP contribution in [0.3, 0.4) is 0 Å². The lowest BCUT2D eigenvalue weighted by Crippen LogP contribution is -2.55. The van der Waals surface area contributed by atoms with Crippen molar-refractivity contribution < 1.29 is 4.79 Å². The summed E-state index contributed by atoms with van der Waals surface area (Å²) in [5.74, 6) is -0.298. The Labute approximate surface area is 109 Å². The fraction of sp³-hybridized carbons (Fsp3) is 0.692. The third-order valence-corrected chi connectivity index (χ3v) is 3.13. The Morgan fingerprint density at radius 3 is 2.72 bits per heavy atom. The highest BCUT2D eigenvalue weighted by molar-refractivity contribution is 5.84. The van der Waals surface area contributed by atoms with E-state index in [-0.39, 0.29) is 11.9 Å². The molecule has 1 unspecified atom stereocenters. The Morgan fingerprint density at radius 1 is 1.61 bits per heavy atom. The van der Waals surface area contributed by atoms with Crippen LogP contribution in [-0.2, 0) is 11.3 Å². The van der Waals surface area contributed by atoms with Crippen LogP contribution in [0.5, 0.6) is 0 Å². The van der Waals surface area contributed by atoms with Crippen LogP contribution in [0.1, 0.15) is 39.3 Å². The number of aromatic nitrogens is 2. The van der Waals surface area contributed by atoms with E-state index in [1.54, 1.807) is 6.20 Å². The lowest BCUT2D eigenvalue weighted by molar-refractivity contribution is -0.124. The molecule has 0 spiro atoms. The van der Waals surface area contributed by atoms with Crippen molar-refractivity contribution in [2.45, 2.75) is 58.7 Å². The Morgan fingerprint density at radius 2 is 2.28 bits per heavy atom. The normalized spacial score (nSPS) is 14.7. The van der Waals surface area contributed by atoms with Gasteiger partial charge in [0.1, 0.15) is 0 Å². The molecule has 0 bridgehead atoms. The predicted molar refractivity (Wildman–Crippen MR) is 72.1 cm³/mol. The minimum absolute atomic E-state index is 0.230. The number of aryl methyl sites for hydroxylation is 2. The molecule has 102 valence electrons. The summed E-state index contributed by atoms with van der Waals surface area (Å²) in [6, 6.07) is 2.20. The van der Waals surface area contributed by atoms with Gasteiger partial charge in [0.25, 0.3) is 0 Å². The van der Waals surface area contributed by atoms with Crippen LogP contribution in [0, 0.1) is 6.92 Å². The zero-order chi connectivity index (χ0) is 13.8. The summed E-state index contributed by atoms with van der Waals surface area (Å²) in [4.78, 5) is 11.6. The first-order chi connectivity index (χ1) is 8.35. The number of amides is 1. The summed E-state index contributed by atoms with van der Waals surface area (Å²) in [6.45, 7) is 8.72. The number of nitrogens with two attached hydrogens (primary N) is 1. The molecule has 5 heteroatoms. The Hall–Kier alpha value is -1.36. The maximum absolute atomic E-state index is 11.6. The van der Waals surface area contributed by atoms with Gasteiger partial charge in [0.05, 0.1) is 5.54 Å². The molecule has 0 aliphatic rings. The molecule has 0 aliphatic carbocycles. The molecular formula is C13H24N4O. The van der Waals surface area contributed by atoms with E-state index in [1.165, 1.54) is 0 Å². The number of carbonyl (C=O) groups excluding carboxylic acids is 1. The molecule has 0 saturated carbocycles. The van der Waals surface area contributed by atoms with Gasteiger partial charge in [-0.1, -0.05) is 0 Å². The number of rotatable bonds is 7. The number of nitrogens with zero attached hydrogens (tertiary/aromatic N) is 2. The van der Waals surface area contributed by atoms with Crippen LogP contribution >= 0.6 is 0 Å². The maximum atomic E-state index is 11.6. The van der Waals surface area contributed by atoms with Crippen molar-refractivity contribution in [3.63, 3.8) is 0 Å². The van der Waals surface area contributed by atoms with Gasteiger partial charge in [-0.15, -0.1) is 0 Å². The Bertz CT molecular complexity index is 399. The summed E-state index contributed by atoms with van der Waals surface area (Å²) in [5.41, 5.74) is 5.97. The minimum atomic E-state index is -0.644. The van der Waals surface area contributed by atoms with Crippen molar-refractivity contribution in [2.75, 3.05) is 0 Å². The second kappa shape index (κ2) is 6.00. The van der Waals surface area contributed by atoms with Crippen molar-refractivity contribution in [1.82, 2.24) is 15.1 Å². The maximum Gasteiger partial charge on any atom is 0.237 e. The second-order valence-corrected chi connectivity index (χ2v) is 5.29. The first kappa shape index (κ1) is 14.7. The SMILES string of the molecule is Cc1ccnn1CCCC(C)(NC(C)C)C(N)=O. The van der Waals surface area contributed by atoms with Crippen LogP contribution < -0.4 is 11.1 Å². The van der Waals surface area contributed by atoms with Gasteiger partial charge < -0.3 is 11.1 Å². The second-order valence-electron chi connectivity index (χ2n) is 5.29. The fourth-order valence-electron chi connectivity index (χ4n) is 2.12. The fourth-order valence-corrected chi connectivity index (χ4v) is 2.12. The van der Waals surface area contributed by atoms with Crippen LogP contribution in [0.4, 0.5) is 0 Å². The molecule has 0 saturated heterocycles. The van der Waals surface area contributed by atoms with E-state index >= 15 is 0 Å². The molecular weight excluding hydrogens is 228 g/mol. The molecule has 1 rings (SSSR count). The summed E-state index contributed by atoms with van der Waals surface area (Å²) in [7, 11) is 0. The van der Waals surface area contributed by atoms with Gasteiger partial charge in [0.15, 0.2) is 0 Å². The van der Waals surface area contributed by atoms with Crippen LogP contribution in [0.25, 0.3) is 0 Å². The number of hydrogen-bond acceptors (Lipinski definition) is 3. The average Bonchev–Trinajstić information content (AvgIpc) is 2.63. The molecule has 0 aromatic carbocycles. The number of hydrogen-bond donors (Lipinski definition) is 2. The molecule has 18 heavy (non-hydrogen) atoms. The monoisotopic (exact) mass is 252 g/mol. The average molecular weight is 252 g/mol. The lowest BCUT2D eigenvalue weighted by atomic mass is 9.94. The quantitative estimate of drug-likeness (QED) is 0.766. The van der Waals surface area contributed by atoms with Gasteiger partial charge in [0.2, 0.25) is 5.91 Å². The number of carbonyl (C=O) groups is 1.